The fourth-order valence-electron chi connectivity index (χ4n) is 1.32. The van der Waals surface area contributed by atoms with Gasteiger partial charge in [0.1, 0.15) is 12.4 Å². The molecule has 76 valence electrons. The number of benzene rings is 1. The van der Waals surface area contributed by atoms with Crippen LogP contribution in [-0.4, -0.2) is 12.1 Å². The van der Waals surface area contributed by atoms with E-state index in [0.717, 1.165) is 28.6 Å². The Bertz CT molecular complexity index is 327. The van der Waals surface area contributed by atoms with E-state index in [0.29, 0.717) is 6.61 Å². The molecule has 2 rings (SSSR count). The SMILES string of the molecule is Cc1cccc(Br)c1OCC1(N)CC1. The molecular formula is C11H14BrNO. The molecule has 1 fully saturated rings. The number of para-hydroxylation sites is 1. The Balaban J connectivity index is 2.08. The van der Waals surface area contributed by atoms with Crippen molar-refractivity contribution in [2.24, 2.45) is 5.73 Å². The van der Waals surface area contributed by atoms with Crippen LogP contribution in [0, 0.1) is 6.92 Å². The number of rotatable bonds is 3. The molecule has 0 atom stereocenters. The van der Waals surface area contributed by atoms with Crippen molar-refractivity contribution < 1.29 is 4.74 Å². The molecule has 2 N–H and O–H groups in total. The van der Waals surface area contributed by atoms with E-state index in [-0.39, 0.29) is 5.54 Å². The molecule has 3 heteroatoms. The lowest BCUT2D eigenvalue weighted by Gasteiger charge is -2.14. The van der Waals surface area contributed by atoms with E-state index in [1.54, 1.807) is 0 Å². The lowest BCUT2D eigenvalue weighted by atomic mass is 10.2. The summed E-state index contributed by atoms with van der Waals surface area (Å²) >= 11 is 3.47. The fourth-order valence-corrected chi connectivity index (χ4v) is 1.90. The third-order valence-corrected chi connectivity index (χ3v) is 3.18. The number of nitrogens with two attached hydrogens (primary N) is 1. The molecule has 1 aliphatic carbocycles. The Morgan fingerprint density at radius 1 is 1.50 bits per heavy atom. The summed E-state index contributed by atoms with van der Waals surface area (Å²) in [4.78, 5) is 0. The summed E-state index contributed by atoms with van der Waals surface area (Å²) in [6, 6.07) is 6.02. The van der Waals surface area contributed by atoms with E-state index in [4.69, 9.17) is 10.5 Å². The molecule has 0 radical (unpaired) electrons. The molecule has 0 aliphatic heterocycles. The zero-order valence-corrected chi connectivity index (χ0v) is 9.80. The normalized spacial score (nSPS) is 17.9. The highest BCUT2D eigenvalue weighted by atomic mass is 79.9. The predicted molar refractivity (Wildman–Crippen MR) is 60.5 cm³/mol. The summed E-state index contributed by atoms with van der Waals surface area (Å²) in [6.07, 6.45) is 2.16. The van der Waals surface area contributed by atoms with Crippen molar-refractivity contribution in [1.82, 2.24) is 0 Å². The Kier molecular flexibility index (Phi) is 2.54. The largest absolute Gasteiger partial charge is 0.490 e. The maximum absolute atomic E-state index is 5.95. The summed E-state index contributed by atoms with van der Waals surface area (Å²) < 4.78 is 6.72. The minimum Gasteiger partial charge on any atom is -0.490 e. The molecule has 1 aromatic carbocycles. The number of aryl methyl sites for hydroxylation is 1. The zero-order valence-electron chi connectivity index (χ0n) is 8.22. The lowest BCUT2D eigenvalue weighted by molar-refractivity contribution is 0.276. The van der Waals surface area contributed by atoms with E-state index >= 15 is 0 Å². The Labute approximate surface area is 92.6 Å². The predicted octanol–water partition coefficient (Wildman–Crippen LogP) is 2.63. The van der Waals surface area contributed by atoms with Crippen molar-refractivity contribution in [3.05, 3.63) is 28.2 Å². The second-order valence-corrected chi connectivity index (χ2v) is 4.89. The lowest BCUT2D eigenvalue weighted by Crippen LogP contribution is -2.30. The van der Waals surface area contributed by atoms with Gasteiger partial charge in [0.15, 0.2) is 0 Å². The fraction of sp³-hybridized carbons (Fsp3) is 0.455. The van der Waals surface area contributed by atoms with Gasteiger partial charge in [-0.2, -0.15) is 0 Å². The number of halogens is 1. The highest BCUT2D eigenvalue weighted by Gasteiger charge is 2.39. The van der Waals surface area contributed by atoms with Crippen LogP contribution < -0.4 is 10.5 Å². The van der Waals surface area contributed by atoms with Crippen molar-refractivity contribution in [3.63, 3.8) is 0 Å². The minimum absolute atomic E-state index is 0.0538. The van der Waals surface area contributed by atoms with Crippen molar-refractivity contribution in [1.29, 1.82) is 0 Å². The van der Waals surface area contributed by atoms with Crippen LogP contribution in [0.3, 0.4) is 0 Å². The van der Waals surface area contributed by atoms with Crippen LogP contribution in [0.4, 0.5) is 0 Å². The average Bonchev–Trinajstić information content (AvgIpc) is 2.83. The monoisotopic (exact) mass is 255 g/mol. The van der Waals surface area contributed by atoms with Gasteiger partial charge in [-0.05, 0) is 47.3 Å². The van der Waals surface area contributed by atoms with Crippen LogP contribution in [0.2, 0.25) is 0 Å². The summed E-state index contributed by atoms with van der Waals surface area (Å²) in [6.45, 7) is 2.66. The van der Waals surface area contributed by atoms with Crippen molar-refractivity contribution in [2.45, 2.75) is 25.3 Å². The zero-order chi connectivity index (χ0) is 10.2. The van der Waals surface area contributed by atoms with Crippen LogP contribution >= 0.6 is 15.9 Å². The first-order valence-corrected chi connectivity index (χ1v) is 5.57. The van der Waals surface area contributed by atoms with Crippen LogP contribution in [0.1, 0.15) is 18.4 Å². The molecule has 0 amide bonds. The van der Waals surface area contributed by atoms with Crippen molar-refractivity contribution >= 4 is 15.9 Å². The third kappa shape index (κ3) is 2.10. The maximum Gasteiger partial charge on any atom is 0.136 e. The van der Waals surface area contributed by atoms with Crippen LogP contribution in [-0.2, 0) is 0 Å². The first-order valence-electron chi connectivity index (χ1n) is 4.78. The maximum atomic E-state index is 5.95. The van der Waals surface area contributed by atoms with E-state index in [2.05, 4.69) is 15.9 Å². The second-order valence-electron chi connectivity index (χ2n) is 4.04. The van der Waals surface area contributed by atoms with E-state index in [1.165, 1.54) is 0 Å². The van der Waals surface area contributed by atoms with Crippen molar-refractivity contribution in [3.8, 4) is 5.75 Å². The van der Waals surface area contributed by atoms with Gasteiger partial charge in [0.05, 0.1) is 10.0 Å². The van der Waals surface area contributed by atoms with Gasteiger partial charge in [-0.25, -0.2) is 0 Å². The van der Waals surface area contributed by atoms with Gasteiger partial charge >= 0.3 is 0 Å². The molecule has 0 heterocycles. The van der Waals surface area contributed by atoms with E-state index in [1.807, 2.05) is 25.1 Å². The molecule has 0 saturated heterocycles. The highest BCUT2D eigenvalue weighted by molar-refractivity contribution is 9.10. The summed E-state index contributed by atoms with van der Waals surface area (Å²) in [5.74, 6) is 0.921. The van der Waals surface area contributed by atoms with Crippen LogP contribution in [0.5, 0.6) is 5.75 Å². The Morgan fingerprint density at radius 3 is 2.79 bits per heavy atom. The summed E-state index contributed by atoms with van der Waals surface area (Å²) in [5, 5.41) is 0. The molecule has 0 unspecified atom stereocenters. The number of hydrogen-bond donors (Lipinski definition) is 1. The summed E-state index contributed by atoms with van der Waals surface area (Å²) in [7, 11) is 0. The molecule has 0 spiro atoms. The smallest absolute Gasteiger partial charge is 0.136 e. The molecule has 0 bridgehead atoms. The summed E-state index contributed by atoms with van der Waals surface area (Å²) in [5.41, 5.74) is 7.04. The molecule has 1 saturated carbocycles. The quantitative estimate of drug-likeness (QED) is 0.902. The minimum atomic E-state index is -0.0538. The molecule has 0 aromatic heterocycles. The average molecular weight is 256 g/mol. The topological polar surface area (TPSA) is 35.2 Å². The van der Waals surface area contributed by atoms with Gasteiger partial charge in [-0.1, -0.05) is 12.1 Å². The standard InChI is InChI=1S/C11H14BrNO/c1-8-3-2-4-9(12)10(8)14-7-11(13)5-6-11/h2-4H,5-7,13H2,1H3. The number of hydrogen-bond acceptors (Lipinski definition) is 2. The highest BCUT2D eigenvalue weighted by Crippen LogP contribution is 2.35. The molecule has 1 aromatic rings. The first kappa shape index (κ1) is 9.99. The van der Waals surface area contributed by atoms with Gasteiger partial charge in [0.2, 0.25) is 0 Å². The van der Waals surface area contributed by atoms with Gasteiger partial charge in [0.25, 0.3) is 0 Å². The van der Waals surface area contributed by atoms with Gasteiger partial charge in [-0.3, -0.25) is 0 Å². The molecule has 2 nitrogen and oxygen atoms in total. The van der Waals surface area contributed by atoms with E-state index < -0.39 is 0 Å². The Hall–Kier alpha value is -0.540. The van der Waals surface area contributed by atoms with E-state index in [9.17, 15) is 0 Å². The first-order chi connectivity index (χ1) is 6.61. The van der Waals surface area contributed by atoms with Crippen molar-refractivity contribution in [2.75, 3.05) is 6.61 Å². The Morgan fingerprint density at radius 2 is 2.21 bits per heavy atom. The second kappa shape index (κ2) is 3.55. The molecule has 14 heavy (non-hydrogen) atoms. The van der Waals surface area contributed by atoms with Crippen LogP contribution in [0.15, 0.2) is 22.7 Å². The van der Waals surface area contributed by atoms with Gasteiger partial charge < -0.3 is 10.5 Å². The third-order valence-electron chi connectivity index (χ3n) is 2.56. The molecular weight excluding hydrogens is 242 g/mol. The van der Waals surface area contributed by atoms with Crippen LogP contribution in [0.25, 0.3) is 0 Å². The molecule has 1 aliphatic rings. The van der Waals surface area contributed by atoms with Gasteiger partial charge in [0, 0.05) is 0 Å². The number of ether oxygens (including phenoxy) is 1. The van der Waals surface area contributed by atoms with Gasteiger partial charge in [-0.15, -0.1) is 0 Å².